The quantitative estimate of drug-likeness (QED) is 0.0754. The Bertz CT molecular complexity index is 5140. The molecule has 8 heteroatoms. The van der Waals surface area contributed by atoms with Gasteiger partial charge in [0.2, 0.25) is 0 Å². The summed E-state index contributed by atoms with van der Waals surface area (Å²) < 4.78 is 73.8. The summed E-state index contributed by atoms with van der Waals surface area (Å²) >= 11 is 0. The first kappa shape index (κ1) is 64.2. The van der Waals surface area contributed by atoms with Crippen LogP contribution < -0.4 is 19.3 Å². The Morgan fingerprint density at radius 3 is 0.980 bits per heavy atom. The molecule has 0 spiro atoms. The molecule has 2 aliphatic carbocycles. The van der Waals surface area contributed by atoms with E-state index in [0.29, 0.717) is 35.8 Å². The number of aryl methyl sites for hydroxylation is 2. The second kappa shape index (κ2) is 26.6. The summed E-state index contributed by atoms with van der Waals surface area (Å²) in [6.45, 7) is 12.1. The molecule has 14 aromatic rings. The molecule has 102 heavy (non-hydrogen) atoms. The van der Waals surface area contributed by atoms with Crippen LogP contribution in [-0.4, -0.2) is 0 Å². The van der Waals surface area contributed by atoms with Crippen LogP contribution >= 0.6 is 0 Å². The summed E-state index contributed by atoms with van der Waals surface area (Å²) in [5.41, 5.74) is 22.2. The molecule has 0 amide bonds. The highest BCUT2D eigenvalue weighted by molar-refractivity contribution is 5.92. The van der Waals surface area contributed by atoms with E-state index < -0.39 is 10.8 Å². The second-order valence-electron chi connectivity index (χ2n) is 26.2. The van der Waals surface area contributed by atoms with Crippen LogP contribution in [0.15, 0.2) is 329 Å². The van der Waals surface area contributed by atoms with Crippen molar-refractivity contribution in [3.8, 4) is 44.9 Å². The van der Waals surface area contributed by atoms with Gasteiger partial charge in [-0.1, -0.05) is 207 Å². The lowest BCUT2D eigenvalue weighted by Crippen LogP contribution is -2.29. The van der Waals surface area contributed by atoms with Gasteiger partial charge in [0.25, 0.3) is 0 Å². The van der Waals surface area contributed by atoms with Gasteiger partial charge in [0.1, 0.15) is 48.0 Å². The van der Waals surface area contributed by atoms with Crippen molar-refractivity contribution in [2.75, 3.05) is 9.80 Å². The molecule has 494 valence electrons. The summed E-state index contributed by atoms with van der Waals surface area (Å²) in [7, 11) is 0. The maximum Gasteiger partial charge on any atom is 0.126 e. The minimum Gasteiger partial charge on any atom is -0.489 e. The van der Waals surface area contributed by atoms with E-state index in [1.54, 1.807) is 13.8 Å². The van der Waals surface area contributed by atoms with Gasteiger partial charge in [-0.15, -0.1) is 0 Å². The van der Waals surface area contributed by atoms with E-state index in [1.165, 1.54) is 36.4 Å². The van der Waals surface area contributed by atoms with Crippen molar-refractivity contribution in [1.29, 1.82) is 0 Å². The summed E-state index contributed by atoms with van der Waals surface area (Å²) in [6.07, 6.45) is 3.64. The van der Waals surface area contributed by atoms with E-state index in [1.807, 2.05) is 133 Å². The van der Waals surface area contributed by atoms with Crippen molar-refractivity contribution in [2.45, 2.75) is 37.9 Å². The van der Waals surface area contributed by atoms with Crippen LogP contribution in [0, 0.1) is 37.1 Å². The lowest BCUT2D eigenvalue weighted by Gasteiger charge is -2.35. The van der Waals surface area contributed by atoms with Crippen molar-refractivity contribution < 1.29 is 27.0 Å². The van der Waals surface area contributed by atoms with Crippen LogP contribution in [0.2, 0.25) is 0 Å². The van der Waals surface area contributed by atoms with Crippen LogP contribution in [-0.2, 0) is 24.0 Å². The van der Waals surface area contributed by atoms with Gasteiger partial charge in [-0.05, 0) is 259 Å². The minimum absolute atomic E-state index is 0.307. The zero-order valence-electron chi connectivity index (χ0n) is 56.2. The Morgan fingerprint density at radius 2 is 0.627 bits per heavy atom. The number of rotatable bonds is 19. The van der Waals surface area contributed by atoms with Crippen molar-refractivity contribution in [1.82, 2.24) is 0 Å². The van der Waals surface area contributed by atoms with Crippen molar-refractivity contribution in [2.24, 2.45) is 0 Å². The van der Waals surface area contributed by atoms with Gasteiger partial charge >= 0.3 is 0 Å². The molecule has 2 unspecified atom stereocenters. The first-order valence-electron chi connectivity index (χ1n) is 34.1. The lowest BCUT2D eigenvalue weighted by molar-refractivity contribution is 0.306. The maximum atomic E-state index is 15.4. The fourth-order valence-corrected chi connectivity index (χ4v) is 15.3. The Hall–Kier alpha value is -12.5. The Morgan fingerprint density at radius 1 is 0.314 bits per heavy atom. The number of hydrogen-bond acceptors (Lipinski definition) is 4. The molecule has 4 nitrogen and oxygen atoms in total. The van der Waals surface area contributed by atoms with Crippen LogP contribution in [0.25, 0.3) is 45.5 Å². The third kappa shape index (κ3) is 11.4. The maximum absolute atomic E-state index is 15.4. The van der Waals surface area contributed by atoms with Crippen LogP contribution in [0.1, 0.15) is 77.9 Å². The van der Waals surface area contributed by atoms with Gasteiger partial charge in [-0.2, -0.15) is 0 Å². The van der Waals surface area contributed by atoms with Gasteiger partial charge in [0.05, 0.1) is 10.8 Å². The number of hydrogen-bond donors (Lipinski definition) is 0. The van der Waals surface area contributed by atoms with E-state index in [0.717, 1.165) is 134 Å². The van der Waals surface area contributed by atoms with Gasteiger partial charge in [0, 0.05) is 34.1 Å². The number of benzene rings is 14. The first-order chi connectivity index (χ1) is 49.9. The van der Waals surface area contributed by atoms with Gasteiger partial charge in [-0.25, -0.2) is 17.6 Å². The fourth-order valence-electron chi connectivity index (χ4n) is 15.3. The summed E-state index contributed by atoms with van der Waals surface area (Å²) in [5.74, 6) is 0.143. The zero-order valence-corrected chi connectivity index (χ0v) is 56.2. The second-order valence-corrected chi connectivity index (χ2v) is 26.2. The molecule has 0 radical (unpaired) electrons. The van der Waals surface area contributed by atoms with Crippen molar-refractivity contribution >= 4 is 46.3 Å². The highest BCUT2D eigenvalue weighted by Crippen LogP contribution is 2.60. The smallest absolute Gasteiger partial charge is 0.126 e. The van der Waals surface area contributed by atoms with Crippen molar-refractivity contribution in [3.05, 3.63) is 430 Å². The molecule has 14 aromatic carbocycles. The standard InChI is InChI=1S/C94H68F4N2O2/c1-5-63-15-19-65(20-16-63)59-101-81-47-31-71(32-48-81)93(69-27-35-73(95)36-28-69)87-13-9-7-11-83(87)85-51-43-79(57-89(85)93)99(77-45-53-91(97)61(3)55-77)75-39-23-67(24-40-75)68-25-41-76(42-26-68)100(78-46-54-92(98)62(4)56-78)80-44-52-86-84-12-8-10-14-88(84)94(90(86)58-80,70-29-37-74(96)38-30-70)72-33-49-82(50-34-72)102-60-66-21-17-64(6-2)18-22-66/h5-58H,1-2,59-60H2,3-4H3. The number of fused-ring (bicyclic) bond motifs is 6. The topological polar surface area (TPSA) is 24.9 Å². The zero-order chi connectivity index (χ0) is 69.6. The van der Waals surface area contributed by atoms with Crippen LogP contribution in [0.5, 0.6) is 11.5 Å². The SMILES string of the molecule is C=Cc1ccc(COc2ccc(C3(c4ccc(F)cc4)c4ccccc4-c4ccc(N(c5ccc(-c6ccc(N(c7ccc(F)c(C)c7)c7ccc8c(c7)C(c7ccc(F)cc7)(c7ccc(OCc9ccc(C=C)cc9)cc7)c7ccccc7-8)cc6)cc5)c5ccc(F)c(C)c5)cc43)cc2)cc1. The Kier molecular flexibility index (Phi) is 16.7. The van der Waals surface area contributed by atoms with E-state index in [4.69, 9.17) is 9.47 Å². The number of halogens is 4. The minimum atomic E-state index is -0.898. The number of anilines is 6. The van der Waals surface area contributed by atoms with Crippen LogP contribution in [0.4, 0.5) is 51.7 Å². The molecule has 0 fully saturated rings. The van der Waals surface area contributed by atoms with Crippen LogP contribution in [0.3, 0.4) is 0 Å². The average Bonchev–Trinajstić information content (AvgIpc) is 1.54. The summed E-state index contributed by atoms with van der Waals surface area (Å²) in [5, 5.41) is 0. The molecule has 0 aliphatic heterocycles. The molecule has 0 aromatic heterocycles. The van der Waals surface area contributed by atoms with E-state index in [-0.39, 0.29) is 23.3 Å². The summed E-state index contributed by atoms with van der Waals surface area (Å²) in [4.78, 5) is 4.32. The third-order valence-corrected chi connectivity index (χ3v) is 20.3. The highest BCUT2D eigenvalue weighted by atomic mass is 19.1. The highest BCUT2D eigenvalue weighted by Gasteiger charge is 2.48. The van der Waals surface area contributed by atoms with Gasteiger partial charge < -0.3 is 19.3 Å². The monoisotopic (exact) mass is 1330 g/mol. The van der Waals surface area contributed by atoms with Gasteiger partial charge in [-0.3, -0.25) is 0 Å². The third-order valence-electron chi connectivity index (χ3n) is 20.3. The molecule has 0 saturated heterocycles. The summed E-state index contributed by atoms with van der Waals surface area (Å²) in [6, 6.07) is 104. The molecular formula is C94H68F4N2O2. The average molecular weight is 1330 g/mol. The molecule has 16 rings (SSSR count). The Balaban J connectivity index is 0.761. The largest absolute Gasteiger partial charge is 0.489 e. The predicted octanol–water partition coefficient (Wildman–Crippen LogP) is 24.6. The van der Waals surface area contributed by atoms with E-state index >= 15 is 17.6 Å². The van der Waals surface area contributed by atoms with Gasteiger partial charge in [0.15, 0.2) is 0 Å². The van der Waals surface area contributed by atoms with E-state index in [2.05, 4.69) is 181 Å². The lowest BCUT2D eigenvalue weighted by atomic mass is 9.67. The van der Waals surface area contributed by atoms with Crippen molar-refractivity contribution in [3.63, 3.8) is 0 Å². The normalized spacial score (nSPS) is 14.6. The molecule has 2 aliphatic rings. The number of ether oxygens (including phenoxy) is 2. The Labute approximate surface area is 592 Å². The molecule has 2 atom stereocenters. The first-order valence-corrected chi connectivity index (χ1v) is 34.1. The molecular weight excluding hydrogens is 1270 g/mol. The fraction of sp³-hybridized carbons (Fsp3) is 0.0638. The molecule has 0 bridgehead atoms. The molecule has 0 saturated carbocycles. The molecule has 0 heterocycles. The van der Waals surface area contributed by atoms with E-state index in [9.17, 15) is 0 Å². The number of nitrogens with zero attached hydrogens (tertiary/aromatic N) is 2. The predicted molar refractivity (Wildman–Crippen MR) is 407 cm³/mol. The molecule has 0 N–H and O–H groups in total.